The van der Waals surface area contributed by atoms with E-state index in [0.717, 1.165) is 18.9 Å². The van der Waals surface area contributed by atoms with E-state index in [0.29, 0.717) is 5.76 Å². The molecule has 1 aliphatic rings. The van der Waals surface area contributed by atoms with Crippen molar-refractivity contribution in [3.63, 3.8) is 0 Å². The number of aromatic nitrogens is 1. The van der Waals surface area contributed by atoms with Crippen LogP contribution in [0.5, 0.6) is 0 Å². The third-order valence-electron chi connectivity index (χ3n) is 3.07. The molecule has 0 spiro atoms. The summed E-state index contributed by atoms with van der Waals surface area (Å²) < 4.78 is 5.45. The predicted molar refractivity (Wildman–Crippen MR) is 61.1 cm³/mol. The monoisotopic (exact) mass is 224 g/mol. The Bertz CT molecular complexity index is 317. The van der Waals surface area contributed by atoms with Crippen molar-refractivity contribution in [2.75, 3.05) is 19.6 Å². The van der Waals surface area contributed by atoms with Crippen molar-refractivity contribution in [2.24, 2.45) is 0 Å². The Balaban J connectivity index is 1.79. The van der Waals surface area contributed by atoms with E-state index < -0.39 is 6.10 Å². The lowest BCUT2D eigenvalue weighted by molar-refractivity contribution is 0.165. The van der Waals surface area contributed by atoms with Crippen molar-refractivity contribution < 1.29 is 9.52 Å². The second-order valence-electron chi connectivity index (χ2n) is 4.48. The number of aliphatic hydroxyl groups excluding tert-OH is 1. The fourth-order valence-electron chi connectivity index (χ4n) is 2.07. The topological polar surface area (TPSA) is 49.5 Å². The molecule has 1 fully saturated rings. The first kappa shape index (κ1) is 11.6. The summed E-state index contributed by atoms with van der Waals surface area (Å²) in [5, 5.41) is 9.31. The van der Waals surface area contributed by atoms with Crippen LogP contribution in [0, 0.1) is 0 Å². The molecule has 90 valence electrons. The molecule has 0 radical (unpaired) electrons. The van der Waals surface area contributed by atoms with Crippen LogP contribution in [-0.4, -0.2) is 34.6 Å². The van der Waals surface area contributed by atoms with Gasteiger partial charge in [-0.05, 0) is 32.9 Å². The van der Waals surface area contributed by atoms with E-state index in [2.05, 4.69) is 9.88 Å². The van der Waals surface area contributed by atoms with Crippen molar-refractivity contribution in [1.82, 2.24) is 9.88 Å². The average Bonchev–Trinajstić information content (AvgIpc) is 2.76. The summed E-state index contributed by atoms with van der Waals surface area (Å²) in [6, 6.07) is 0. The van der Waals surface area contributed by atoms with Crippen molar-refractivity contribution in [3.05, 3.63) is 17.8 Å². The van der Waals surface area contributed by atoms with Gasteiger partial charge in [-0.3, -0.25) is 0 Å². The van der Waals surface area contributed by atoms with Gasteiger partial charge in [0.25, 0.3) is 0 Å². The minimum Gasteiger partial charge on any atom is -0.443 e. The molecule has 0 amide bonds. The number of nitrogens with zero attached hydrogens (tertiary/aromatic N) is 2. The van der Waals surface area contributed by atoms with E-state index in [1.54, 1.807) is 13.1 Å². The van der Waals surface area contributed by atoms with Gasteiger partial charge in [0.1, 0.15) is 6.10 Å². The Labute approximate surface area is 96.3 Å². The van der Waals surface area contributed by atoms with Gasteiger partial charge in [0.15, 0.2) is 11.7 Å². The standard InChI is InChI=1S/C12H20N2O2/c1-10(15)11-9-13-12(16-11)5-8-14-6-3-2-4-7-14/h9-10,15H,2-8H2,1H3. The Morgan fingerprint density at radius 2 is 2.19 bits per heavy atom. The first-order valence-electron chi connectivity index (χ1n) is 6.11. The molecule has 2 heterocycles. The molecule has 16 heavy (non-hydrogen) atoms. The molecule has 1 aromatic rings. The number of oxazole rings is 1. The molecule has 1 atom stereocenters. The summed E-state index contributed by atoms with van der Waals surface area (Å²) in [4.78, 5) is 6.62. The first-order chi connectivity index (χ1) is 7.75. The van der Waals surface area contributed by atoms with Crippen LogP contribution >= 0.6 is 0 Å². The fraction of sp³-hybridized carbons (Fsp3) is 0.750. The molecule has 1 saturated heterocycles. The smallest absolute Gasteiger partial charge is 0.195 e. The molecule has 1 aliphatic heterocycles. The normalized spacial score (nSPS) is 19.9. The molecule has 4 nitrogen and oxygen atoms in total. The molecule has 0 saturated carbocycles. The predicted octanol–water partition coefficient (Wildman–Crippen LogP) is 1.76. The second-order valence-corrected chi connectivity index (χ2v) is 4.48. The van der Waals surface area contributed by atoms with E-state index in [-0.39, 0.29) is 0 Å². The number of rotatable bonds is 4. The van der Waals surface area contributed by atoms with Gasteiger partial charge >= 0.3 is 0 Å². The van der Waals surface area contributed by atoms with Crippen molar-refractivity contribution in [1.29, 1.82) is 0 Å². The molecule has 4 heteroatoms. The van der Waals surface area contributed by atoms with Gasteiger partial charge in [-0.2, -0.15) is 0 Å². The summed E-state index contributed by atoms with van der Waals surface area (Å²) in [7, 11) is 0. The molecule has 2 rings (SSSR count). The average molecular weight is 224 g/mol. The van der Waals surface area contributed by atoms with Crippen LogP contribution in [0.2, 0.25) is 0 Å². The first-order valence-corrected chi connectivity index (χ1v) is 6.11. The highest BCUT2D eigenvalue weighted by molar-refractivity contribution is 4.97. The van der Waals surface area contributed by atoms with Gasteiger partial charge in [-0.15, -0.1) is 0 Å². The number of hydrogen-bond donors (Lipinski definition) is 1. The van der Waals surface area contributed by atoms with E-state index in [1.807, 2.05) is 0 Å². The minimum atomic E-state index is -0.559. The van der Waals surface area contributed by atoms with E-state index >= 15 is 0 Å². The van der Waals surface area contributed by atoms with Crippen LogP contribution in [0.25, 0.3) is 0 Å². The Morgan fingerprint density at radius 1 is 1.44 bits per heavy atom. The highest BCUT2D eigenvalue weighted by Crippen LogP contribution is 2.14. The SMILES string of the molecule is CC(O)c1cnc(CCN2CCCCC2)o1. The van der Waals surface area contributed by atoms with Gasteiger partial charge in [0.05, 0.1) is 6.20 Å². The maximum atomic E-state index is 9.31. The summed E-state index contributed by atoms with van der Waals surface area (Å²) >= 11 is 0. The maximum absolute atomic E-state index is 9.31. The molecule has 0 aromatic carbocycles. The van der Waals surface area contributed by atoms with Crippen LogP contribution in [0.4, 0.5) is 0 Å². The van der Waals surface area contributed by atoms with Crippen LogP contribution in [0.1, 0.15) is 43.9 Å². The number of likely N-dealkylation sites (tertiary alicyclic amines) is 1. The number of piperidine rings is 1. The lowest BCUT2D eigenvalue weighted by Crippen LogP contribution is -2.31. The lowest BCUT2D eigenvalue weighted by atomic mass is 10.1. The zero-order valence-corrected chi connectivity index (χ0v) is 9.85. The van der Waals surface area contributed by atoms with Gasteiger partial charge in [0.2, 0.25) is 0 Å². The Hall–Kier alpha value is -0.870. The van der Waals surface area contributed by atoms with Crippen LogP contribution in [-0.2, 0) is 6.42 Å². The summed E-state index contributed by atoms with van der Waals surface area (Å²) in [5.74, 6) is 1.30. The third kappa shape index (κ3) is 3.06. The van der Waals surface area contributed by atoms with Gasteiger partial charge in [-0.25, -0.2) is 4.98 Å². The molecule has 0 aliphatic carbocycles. The molecule has 0 bridgehead atoms. The molecular formula is C12H20N2O2. The number of aliphatic hydroxyl groups is 1. The van der Waals surface area contributed by atoms with Gasteiger partial charge in [0, 0.05) is 13.0 Å². The molecular weight excluding hydrogens is 204 g/mol. The van der Waals surface area contributed by atoms with Crippen LogP contribution in [0.3, 0.4) is 0 Å². The highest BCUT2D eigenvalue weighted by atomic mass is 16.4. The zero-order valence-electron chi connectivity index (χ0n) is 9.85. The van der Waals surface area contributed by atoms with Crippen molar-refractivity contribution in [3.8, 4) is 0 Å². The third-order valence-corrected chi connectivity index (χ3v) is 3.07. The number of hydrogen-bond acceptors (Lipinski definition) is 4. The quantitative estimate of drug-likeness (QED) is 0.846. The highest BCUT2D eigenvalue weighted by Gasteiger charge is 2.12. The van der Waals surface area contributed by atoms with Crippen LogP contribution in [0.15, 0.2) is 10.6 Å². The fourth-order valence-corrected chi connectivity index (χ4v) is 2.07. The molecule has 1 aromatic heterocycles. The zero-order chi connectivity index (χ0) is 11.4. The Kier molecular flexibility index (Phi) is 3.96. The maximum Gasteiger partial charge on any atom is 0.195 e. The van der Waals surface area contributed by atoms with Gasteiger partial charge < -0.3 is 14.4 Å². The molecule has 1 unspecified atom stereocenters. The van der Waals surface area contributed by atoms with Gasteiger partial charge in [-0.1, -0.05) is 6.42 Å². The van der Waals surface area contributed by atoms with Crippen molar-refractivity contribution in [2.45, 2.75) is 38.7 Å². The summed E-state index contributed by atoms with van der Waals surface area (Å²) in [6.45, 7) is 5.10. The van der Waals surface area contributed by atoms with E-state index in [9.17, 15) is 5.11 Å². The minimum absolute atomic E-state index is 0.559. The Morgan fingerprint density at radius 3 is 2.81 bits per heavy atom. The lowest BCUT2D eigenvalue weighted by Gasteiger charge is -2.25. The summed E-state index contributed by atoms with van der Waals surface area (Å²) in [5.41, 5.74) is 0. The summed E-state index contributed by atoms with van der Waals surface area (Å²) in [6.07, 6.45) is 5.89. The largest absolute Gasteiger partial charge is 0.443 e. The van der Waals surface area contributed by atoms with E-state index in [1.165, 1.54) is 32.4 Å². The second kappa shape index (κ2) is 5.46. The van der Waals surface area contributed by atoms with Crippen molar-refractivity contribution >= 4 is 0 Å². The van der Waals surface area contributed by atoms with E-state index in [4.69, 9.17) is 4.42 Å². The van der Waals surface area contributed by atoms with Crippen LogP contribution < -0.4 is 0 Å². The molecule has 1 N–H and O–H groups in total.